The zero-order chi connectivity index (χ0) is 16.4. The molecule has 0 unspecified atom stereocenters. The molecule has 0 saturated heterocycles. The summed E-state index contributed by atoms with van der Waals surface area (Å²) < 4.78 is 5.41. The highest BCUT2D eigenvalue weighted by Gasteiger charge is 2.16. The first-order chi connectivity index (χ1) is 11.8. The van der Waals surface area contributed by atoms with Gasteiger partial charge in [0.2, 0.25) is 0 Å². The maximum Gasteiger partial charge on any atom is 0.322 e. The Morgan fingerprint density at radius 2 is 2.04 bits per heavy atom. The Morgan fingerprint density at radius 1 is 1.17 bits per heavy atom. The first kappa shape index (κ1) is 14.3. The molecule has 0 radical (unpaired) electrons. The topological polar surface area (TPSA) is 98.7 Å². The van der Waals surface area contributed by atoms with Gasteiger partial charge in [0.15, 0.2) is 5.69 Å². The Kier molecular flexibility index (Phi) is 3.60. The van der Waals surface area contributed by atoms with Gasteiger partial charge in [0, 0.05) is 10.9 Å². The van der Waals surface area contributed by atoms with E-state index >= 15 is 0 Å². The van der Waals surface area contributed by atoms with Crippen molar-refractivity contribution < 1.29 is 9.21 Å². The van der Waals surface area contributed by atoms with E-state index in [0.29, 0.717) is 5.89 Å². The molecular weight excluding hydrogens is 328 g/mol. The Hall–Kier alpha value is -3.33. The minimum absolute atomic E-state index is 0.00969. The SMILES string of the molecule is O=C(Nc1nnc(-c2ccsc2)o1)c1cnn(-c2ccccc2)n1. The number of para-hydroxylation sites is 1. The second-order valence-electron chi connectivity index (χ2n) is 4.73. The summed E-state index contributed by atoms with van der Waals surface area (Å²) in [6.45, 7) is 0. The largest absolute Gasteiger partial charge is 0.403 e. The molecule has 24 heavy (non-hydrogen) atoms. The number of carbonyl (C=O) groups excluding carboxylic acids is 1. The van der Waals surface area contributed by atoms with Crippen molar-refractivity contribution in [2.24, 2.45) is 0 Å². The fraction of sp³-hybridized carbons (Fsp3) is 0. The molecule has 118 valence electrons. The number of hydrogen-bond donors (Lipinski definition) is 1. The lowest BCUT2D eigenvalue weighted by molar-refractivity contribution is 0.101. The summed E-state index contributed by atoms with van der Waals surface area (Å²) in [5.74, 6) is -0.128. The molecule has 0 fully saturated rings. The lowest BCUT2D eigenvalue weighted by atomic mass is 10.3. The molecule has 4 aromatic rings. The summed E-state index contributed by atoms with van der Waals surface area (Å²) in [5, 5.41) is 22.2. The molecule has 1 N–H and O–H groups in total. The van der Waals surface area contributed by atoms with Crippen LogP contribution in [0, 0.1) is 0 Å². The Morgan fingerprint density at radius 3 is 2.83 bits per heavy atom. The van der Waals surface area contributed by atoms with Crippen LogP contribution in [0.1, 0.15) is 10.5 Å². The molecular formula is C15H10N6O2S. The van der Waals surface area contributed by atoms with Crippen molar-refractivity contribution in [3.63, 3.8) is 0 Å². The van der Waals surface area contributed by atoms with E-state index in [1.54, 1.807) is 0 Å². The fourth-order valence-corrected chi connectivity index (χ4v) is 2.62. The third kappa shape index (κ3) is 2.79. The molecule has 3 aromatic heterocycles. The van der Waals surface area contributed by atoms with Crippen molar-refractivity contribution in [1.29, 1.82) is 0 Å². The van der Waals surface area contributed by atoms with Gasteiger partial charge in [-0.25, -0.2) is 0 Å². The van der Waals surface area contributed by atoms with Crippen LogP contribution in [0.4, 0.5) is 6.01 Å². The number of benzene rings is 1. The molecule has 0 spiro atoms. The van der Waals surface area contributed by atoms with Crippen molar-refractivity contribution in [2.75, 3.05) is 5.32 Å². The number of anilines is 1. The average molecular weight is 338 g/mol. The minimum Gasteiger partial charge on any atom is -0.403 e. The van der Waals surface area contributed by atoms with E-state index in [2.05, 4.69) is 25.7 Å². The van der Waals surface area contributed by atoms with Gasteiger partial charge in [-0.15, -0.1) is 10.2 Å². The van der Waals surface area contributed by atoms with Crippen LogP contribution in [-0.2, 0) is 0 Å². The number of nitrogens with zero attached hydrogens (tertiary/aromatic N) is 5. The van der Waals surface area contributed by atoms with Gasteiger partial charge in [0.1, 0.15) is 0 Å². The van der Waals surface area contributed by atoms with Crippen molar-refractivity contribution in [1.82, 2.24) is 25.2 Å². The summed E-state index contributed by atoms with van der Waals surface area (Å²) in [6.07, 6.45) is 1.37. The molecule has 8 nitrogen and oxygen atoms in total. The number of amides is 1. The van der Waals surface area contributed by atoms with Gasteiger partial charge in [-0.1, -0.05) is 23.3 Å². The van der Waals surface area contributed by atoms with Crippen molar-refractivity contribution >= 4 is 23.3 Å². The van der Waals surface area contributed by atoms with E-state index in [9.17, 15) is 4.79 Å². The van der Waals surface area contributed by atoms with Crippen molar-refractivity contribution in [2.45, 2.75) is 0 Å². The highest BCUT2D eigenvalue weighted by Crippen LogP contribution is 2.22. The van der Waals surface area contributed by atoms with Gasteiger partial charge in [0.05, 0.1) is 11.9 Å². The lowest BCUT2D eigenvalue weighted by Gasteiger charge is -1.98. The number of carbonyl (C=O) groups is 1. The van der Waals surface area contributed by atoms with Gasteiger partial charge >= 0.3 is 6.01 Å². The number of aromatic nitrogens is 5. The van der Waals surface area contributed by atoms with E-state index in [1.807, 2.05) is 47.2 Å². The van der Waals surface area contributed by atoms with Gasteiger partial charge in [0.25, 0.3) is 11.8 Å². The Balaban J connectivity index is 1.50. The molecule has 0 aliphatic carbocycles. The first-order valence-electron chi connectivity index (χ1n) is 6.95. The number of thiophene rings is 1. The first-order valence-corrected chi connectivity index (χ1v) is 7.89. The van der Waals surface area contributed by atoms with Gasteiger partial charge in [-0.05, 0) is 23.6 Å². The molecule has 3 heterocycles. The van der Waals surface area contributed by atoms with Crippen LogP contribution in [-0.4, -0.2) is 31.1 Å². The average Bonchev–Trinajstić information content (AvgIpc) is 3.36. The van der Waals surface area contributed by atoms with Crippen LogP contribution in [0.3, 0.4) is 0 Å². The molecule has 0 bridgehead atoms. The second-order valence-corrected chi connectivity index (χ2v) is 5.51. The highest BCUT2D eigenvalue weighted by atomic mass is 32.1. The number of hydrogen-bond acceptors (Lipinski definition) is 7. The van der Waals surface area contributed by atoms with E-state index in [-0.39, 0.29) is 11.7 Å². The zero-order valence-corrected chi connectivity index (χ0v) is 13.0. The van der Waals surface area contributed by atoms with Crippen molar-refractivity contribution in [3.8, 4) is 17.1 Å². The minimum atomic E-state index is -0.474. The standard InChI is InChI=1S/C15H10N6O2S/c22-13(12-8-16-21(20-12)11-4-2-1-3-5-11)17-15-19-18-14(23-15)10-6-7-24-9-10/h1-9H,(H,17,19,22). The summed E-state index contributed by atoms with van der Waals surface area (Å²) in [4.78, 5) is 13.6. The third-order valence-electron chi connectivity index (χ3n) is 3.13. The van der Waals surface area contributed by atoms with E-state index in [0.717, 1.165) is 11.3 Å². The smallest absolute Gasteiger partial charge is 0.322 e. The number of nitrogens with one attached hydrogen (secondary N) is 1. The maximum absolute atomic E-state index is 12.2. The van der Waals surface area contributed by atoms with Crippen LogP contribution in [0.5, 0.6) is 0 Å². The molecule has 1 aromatic carbocycles. The molecule has 0 atom stereocenters. The van der Waals surface area contributed by atoms with E-state index in [1.165, 1.54) is 22.3 Å². The zero-order valence-electron chi connectivity index (χ0n) is 12.2. The van der Waals surface area contributed by atoms with Crippen LogP contribution in [0.25, 0.3) is 17.1 Å². The van der Waals surface area contributed by atoms with Gasteiger partial charge < -0.3 is 4.42 Å². The van der Waals surface area contributed by atoms with Gasteiger partial charge in [-0.3, -0.25) is 10.1 Å². The third-order valence-corrected chi connectivity index (χ3v) is 3.81. The Bertz CT molecular complexity index is 961. The second kappa shape index (κ2) is 6.05. The molecule has 0 aliphatic rings. The molecule has 0 aliphatic heterocycles. The van der Waals surface area contributed by atoms with Crippen LogP contribution in [0.15, 0.2) is 57.8 Å². The molecule has 1 amide bonds. The summed E-state index contributed by atoms with van der Waals surface area (Å²) in [6, 6.07) is 11.2. The summed E-state index contributed by atoms with van der Waals surface area (Å²) in [7, 11) is 0. The summed E-state index contributed by atoms with van der Waals surface area (Å²) >= 11 is 1.52. The quantitative estimate of drug-likeness (QED) is 0.614. The lowest BCUT2D eigenvalue weighted by Crippen LogP contribution is -2.13. The predicted octanol–water partition coefficient (Wildman–Crippen LogP) is 2.63. The predicted molar refractivity (Wildman–Crippen MR) is 86.9 cm³/mol. The highest BCUT2D eigenvalue weighted by molar-refractivity contribution is 7.08. The van der Waals surface area contributed by atoms with E-state index in [4.69, 9.17) is 4.42 Å². The maximum atomic E-state index is 12.2. The van der Waals surface area contributed by atoms with Gasteiger partial charge in [-0.2, -0.15) is 21.2 Å². The monoisotopic (exact) mass is 338 g/mol. The molecule has 9 heteroatoms. The molecule has 4 rings (SSSR count). The van der Waals surface area contributed by atoms with Crippen LogP contribution in [0.2, 0.25) is 0 Å². The van der Waals surface area contributed by atoms with E-state index < -0.39 is 5.91 Å². The van der Waals surface area contributed by atoms with Crippen LogP contribution < -0.4 is 5.32 Å². The fourth-order valence-electron chi connectivity index (χ4n) is 1.99. The van der Waals surface area contributed by atoms with Crippen molar-refractivity contribution in [3.05, 3.63) is 59.0 Å². The number of rotatable bonds is 4. The molecule has 0 saturated carbocycles. The Labute approximate surface area is 139 Å². The van der Waals surface area contributed by atoms with Crippen LogP contribution >= 0.6 is 11.3 Å². The normalized spacial score (nSPS) is 10.7. The summed E-state index contributed by atoms with van der Waals surface area (Å²) in [5.41, 5.74) is 1.71.